The number of hydrogen-bond donors (Lipinski definition) is 2. The molecular formula is C19H28N4O2S. The number of ether oxygens (including phenoxy) is 2. The van der Waals surface area contributed by atoms with Gasteiger partial charge in [-0.1, -0.05) is 6.92 Å². The summed E-state index contributed by atoms with van der Waals surface area (Å²) < 4.78 is 11.2. The Kier molecular flexibility index (Phi) is 7.72. The Morgan fingerprint density at radius 2 is 2.00 bits per heavy atom. The molecule has 3 N–H and O–H groups in total. The molecule has 0 amide bonds. The number of nitrogens with zero attached hydrogens (tertiary/aromatic N) is 2. The Morgan fingerprint density at radius 1 is 1.23 bits per heavy atom. The Bertz CT molecular complexity index is 743. The SMILES string of the molecule is CCOc1ccc(OCC)c(NC(N)=NCCc2nc(CC)c(C)s2)c1. The average Bonchev–Trinajstić information content (AvgIpc) is 2.97. The predicted octanol–water partition coefficient (Wildman–Crippen LogP) is 3.78. The first-order valence-corrected chi connectivity index (χ1v) is 9.80. The highest BCUT2D eigenvalue weighted by atomic mass is 32.1. The molecule has 0 atom stereocenters. The van der Waals surface area contributed by atoms with E-state index in [0.717, 1.165) is 35.0 Å². The van der Waals surface area contributed by atoms with E-state index in [4.69, 9.17) is 15.2 Å². The second-order valence-electron chi connectivity index (χ2n) is 5.63. The van der Waals surface area contributed by atoms with Crippen LogP contribution in [0.25, 0.3) is 0 Å². The van der Waals surface area contributed by atoms with Crippen LogP contribution >= 0.6 is 11.3 Å². The summed E-state index contributed by atoms with van der Waals surface area (Å²) in [6.45, 7) is 9.89. The number of aryl methyl sites for hydroxylation is 2. The minimum Gasteiger partial charge on any atom is -0.494 e. The van der Waals surface area contributed by atoms with Crippen molar-refractivity contribution >= 4 is 23.0 Å². The number of rotatable bonds is 9. The highest BCUT2D eigenvalue weighted by Gasteiger charge is 2.08. The summed E-state index contributed by atoms with van der Waals surface area (Å²) >= 11 is 1.73. The van der Waals surface area contributed by atoms with Crippen molar-refractivity contribution in [3.8, 4) is 11.5 Å². The van der Waals surface area contributed by atoms with E-state index in [1.807, 2.05) is 32.0 Å². The van der Waals surface area contributed by atoms with Crippen molar-refractivity contribution in [1.29, 1.82) is 0 Å². The molecule has 0 fully saturated rings. The third kappa shape index (κ3) is 5.62. The minimum atomic E-state index is 0.351. The van der Waals surface area contributed by atoms with Gasteiger partial charge < -0.3 is 20.5 Å². The van der Waals surface area contributed by atoms with E-state index < -0.39 is 0 Å². The highest BCUT2D eigenvalue weighted by Crippen LogP contribution is 2.29. The second kappa shape index (κ2) is 10.0. The summed E-state index contributed by atoms with van der Waals surface area (Å²) in [5, 5.41) is 4.22. The largest absolute Gasteiger partial charge is 0.494 e. The van der Waals surface area contributed by atoms with Crippen LogP contribution in [0.1, 0.15) is 36.3 Å². The quantitative estimate of drug-likeness (QED) is 0.514. The fraction of sp³-hybridized carbons (Fsp3) is 0.474. The van der Waals surface area contributed by atoms with Crippen molar-refractivity contribution in [2.75, 3.05) is 25.1 Å². The van der Waals surface area contributed by atoms with Gasteiger partial charge in [-0.3, -0.25) is 4.99 Å². The molecule has 0 spiro atoms. The molecule has 0 aliphatic carbocycles. The molecule has 1 aromatic carbocycles. The molecule has 1 heterocycles. The van der Waals surface area contributed by atoms with Gasteiger partial charge in [0.05, 0.1) is 29.6 Å². The van der Waals surface area contributed by atoms with E-state index in [2.05, 4.69) is 29.1 Å². The van der Waals surface area contributed by atoms with E-state index >= 15 is 0 Å². The standard InChI is InChI=1S/C19H28N4O2S/c1-5-15-13(4)26-18(22-15)10-11-21-19(20)23-16-12-14(24-6-2)8-9-17(16)25-7-3/h8-9,12H,5-7,10-11H2,1-4H3,(H3,20,21,23). The molecule has 26 heavy (non-hydrogen) atoms. The fourth-order valence-electron chi connectivity index (χ4n) is 2.52. The number of hydrogen-bond acceptors (Lipinski definition) is 5. The third-order valence-corrected chi connectivity index (χ3v) is 4.78. The van der Waals surface area contributed by atoms with Crippen LogP contribution in [0.4, 0.5) is 5.69 Å². The monoisotopic (exact) mass is 376 g/mol. The molecule has 142 valence electrons. The van der Waals surface area contributed by atoms with Crippen LogP contribution in [0, 0.1) is 6.92 Å². The Labute approximate surface area is 159 Å². The van der Waals surface area contributed by atoms with Crippen molar-refractivity contribution in [3.05, 3.63) is 33.8 Å². The summed E-state index contributed by atoms with van der Waals surface area (Å²) in [6, 6.07) is 5.62. The highest BCUT2D eigenvalue weighted by molar-refractivity contribution is 7.11. The second-order valence-corrected chi connectivity index (χ2v) is 6.92. The van der Waals surface area contributed by atoms with Gasteiger partial charge in [-0.15, -0.1) is 11.3 Å². The van der Waals surface area contributed by atoms with Crippen LogP contribution in [0.5, 0.6) is 11.5 Å². The Balaban J connectivity index is 2.01. The van der Waals surface area contributed by atoms with E-state index in [9.17, 15) is 0 Å². The van der Waals surface area contributed by atoms with E-state index in [1.165, 1.54) is 10.6 Å². The van der Waals surface area contributed by atoms with Gasteiger partial charge in [-0.2, -0.15) is 0 Å². The van der Waals surface area contributed by atoms with E-state index in [-0.39, 0.29) is 0 Å². The van der Waals surface area contributed by atoms with Crippen LogP contribution in [0.2, 0.25) is 0 Å². The first-order chi connectivity index (χ1) is 12.6. The predicted molar refractivity (Wildman–Crippen MR) is 109 cm³/mol. The zero-order valence-electron chi connectivity index (χ0n) is 16.0. The molecule has 0 saturated heterocycles. The molecule has 0 bridgehead atoms. The lowest BCUT2D eigenvalue weighted by Crippen LogP contribution is -2.23. The number of nitrogens with one attached hydrogen (secondary N) is 1. The number of benzene rings is 1. The maximum atomic E-state index is 6.05. The van der Waals surface area contributed by atoms with Gasteiger partial charge in [0.15, 0.2) is 5.96 Å². The molecule has 0 aliphatic rings. The summed E-state index contributed by atoms with van der Waals surface area (Å²) in [6.07, 6.45) is 1.75. The lowest BCUT2D eigenvalue weighted by molar-refractivity contribution is 0.332. The van der Waals surface area contributed by atoms with Crippen LogP contribution in [-0.2, 0) is 12.8 Å². The smallest absolute Gasteiger partial charge is 0.193 e. The number of aromatic nitrogens is 1. The lowest BCUT2D eigenvalue weighted by atomic mass is 10.2. The summed E-state index contributed by atoms with van der Waals surface area (Å²) in [5.41, 5.74) is 7.97. The van der Waals surface area contributed by atoms with Crippen molar-refractivity contribution in [1.82, 2.24) is 4.98 Å². The molecule has 0 unspecified atom stereocenters. The molecule has 2 rings (SSSR count). The molecular weight excluding hydrogens is 348 g/mol. The molecule has 1 aromatic heterocycles. The minimum absolute atomic E-state index is 0.351. The zero-order chi connectivity index (χ0) is 18.9. The maximum Gasteiger partial charge on any atom is 0.193 e. The van der Waals surface area contributed by atoms with E-state index in [0.29, 0.717) is 25.7 Å². The van der Waals surface area contributed by atoms with Crippen molar-refractivity contribution < 1.29 is 9.47 Å². The number of nitrogens with two attached hydrogens (primary N) is 1. The molecule has 7 heteroatoms. The summed E-state index contributed by atoms with van der Waals surface area (Å²) in [7, 11) is 0. The summed E-state index contributed by atoms with van der Waals surface area (Å²) in [5.74, 6) is 1.83. The van der Waals surface area contributed by atoms with Gasteiger partial charge in [0.1, 0.15) is 11.5 Å². The van der Waals surface area contributed by atoms with Crippen LogP contribution in [-0.4, -0.2) is 30.7 Å². The molecule has 0 saturated carbocycles. The third-order valence-electron chi connectivity index (χ3n) is 3.70. The molecule has 0 aliphatic heterocycles. The lowest BCUT2D eigenvalue weighted by Gasteiger charge is -2.13. The average molecular weight is 377 g/mol. The van der Waals surface area contributed by atoms with Gasteiger partial charge in [0.25, 0.3) is 0 Å². The Hall–Kier alpha value is -2.28. The fourth-order valence-corrected chi connectivity index (χ4v) is 3.53. The zero-order valence-corrected chi connectivity index (χ0v) is 16.8. The normalized spacial score (nSPS) is 11.5. The van der Waals surface area contributed by atoms with Gasteiger partial charge in [0.2, 0.25) is 0 Å². The van der Waals surface area contributed by atoms with E-state index in [1.54, 1.807) is 11.3 Å². The van der Waals surface area contributed by atoms with Gasteiger partial charge >= 0.3 is 0 Å². The summed E-state index contributed by atoms with van der Waals surface area (Å²) in [4.78, 5) is 10.3. The number of anilines is 1. The van der Waals surface area contributed by atoms with Crippen molar-refractivity contribution in [2.24, 2.45) is 10.7 Å². The first-order valence-electron chi connectivity index (χ1n) is 8.99. The number of guanidine groups is 1. The van der Waals surface area contributed by atoms with Crippen molar-refractivity contribution in [2.45, 2.75) is 40.5 Å². The maximum absolute atomic E-state index is 6.05. The van der Waals surface area contributed by atoms with Crippen molar-refractivity contribution in [3.63, 3.8) is 0 Å². The number of aliphatic imine (C=N–C) groups is 1. The van der Waals surface area contributed by atoms with Crippen LogP contribution < -0.4 is 20.5 Å². The topological polar surface area (TPSA) is 81.8 Å². The first kappa shape index (κ1) is 20.0. The van der Waals surface area contributed by atoms with Gasteiger partial charge in [-0.05, 0) is 39.3 Å². The number of thiazole rings is 1. The van der Waals surface area contributed by atoms with Crippen LogP contribution in [0.15, 0.2) is 23.2 Å². The molecule has 0 radical (unpaired) electrons. The molecule has 2 aromatic rings. The van der Waals surface area contributed by atoms with Gasteiger partial charge in [0, 0.05) is 23.9 Å². The Morgan fingerprint density at radius 3 is 2.65 bits per heavy atom. The van der Waals surface area contributed by atoms with Gasteiger partial charge in [-0.25, -0.2) is 4.98 Å². The van der Waals surface area contributed by atoms with Crippen LogP contribution in [0.3, 0.4) is 0 Å². The molecule has 6 nitrogen and oxygen atoms in total.